The average molecular weight is 304 g/mol. The smallest absolute Gasteiger partial charge is 0.0992 e. The fraction of sp³-hybridized carbons (Fsp3) is 0.471. The van der Waals surface area contributed by atoms with Gasteiger partial charge in [-0.25, -0.2) is 4.98 Å². The molecule has 1 aliphatic carbocycles. The Morgan fingerprint density at radius 3 is 2.57 bits per heavy atom. The molecule has 0 radical (unpaired) electrons. The third-order valence-electron chi connectivity index (χ3n) is 4.21. The first-order valence-corrected chi connectivity index (χ1v) is 8.26. The molecule has 0 atom stereocenters. The molecular formula is C17H22ClN3. The molecule has 1 aromatic carbocycles. The van der Waals surface area contributed by atoms with Crippen LogP contribution in [0.5, 0.6) is 0 Å². The molecule has 21 heavy (non-hydrogen) atoms. The van der Waals surface area contributed by atoms with Gasteiger partial charge in [0.25, 0.3) is 0 Å². The minimum atomic E-state index is 0.547. The highest BCUT2D eigenvalue weighted by molar-refractivity contribution is 6.33. The van der Waals surface area contributed by atoms with E-state index in [9.17, 15) is 0 Å². The summed E-state index contributed by atoms with van der Waals surface area (Å²) in [4.78, 5) is 4.13. The van der Waals surface area contributed by atoms with E-state index in [1.54, 1.807) is 12.5 Å². The van der Waals surface area contributed by atoms with Gasteiger partial charge in [-0.15, -0.1) is 0 Å². The Hall–Kier alpha value is -1.48. The lowest BCUT2D eigenvalue weighted by atomic mass is 9.96. The predicted molar refractivity (Wildman–Crippen MR) is 88.3 cm³/mol. The third-order valence-corrected chi connectivity index (χ3v) is 4.52. The summed E-state index contributed by atoms with van der Waals surface area (Å²) in [6.07, 6.45) is 14.8. The van der Waals surface area contributed by atoms with Crippen molar-refractivity contribution in [2.24, 2.45) is 0 Å². The van der Waals surface area contributed by atoms with Gasteiger partial charge in [0, 0.05) is 18.4 Å². The van der Waals surface area contributed by atoms with Crippen LogP contribution in [0.3, 0.4) is 0 Å². The van der Waals surface area contributed by atoms with Crippen molar-refractivity contribution in [1.29, 1.82) is 0 Å². The van der Waals surface area contributed by atoms with E-state index in [1.165, 1.54) is 44.9 Å². The van der Waals surface area contributed by atoms with Gasteiger partial charge in [0.15, 0.2) is 0 Å². The Morgan fingerprint density at radius 2 is 1.86 bits per heavy atom. The number of nitrogens with zero attached hydrogens (tertiary/aromatic N) is 2. The van der Waals surface area contributed by atoms with Crippen LogP contribution in [0.25, 0.3) is 5.69 Å². The molecular weight excluding hydrogens is 282 g/mol. The first-order chi connectivity index (χ1) is 10.3. The van der Waals surface area contributed by atoms with Crippen LogP contribution in [0, 0.1) is 0 Å². The summed E-state index contributed by atoms with van der Waals surface area (Å²) in [6, 6.07) is 6.60. The van der Waals surface area contributed by atoms with Crippen molar-refractivity contribution in [2.45, 2.75) is 51.0 Å². The van der Waals surface area contributed by atoms with Gasteiger partial charge in [-0.2, -0.15) is 0 Å². The first kappa shape index (κ1) is 14.5. The fourth-order valence-corrected chi connectivity index (χ4v) is 3.38. The average Bonchev–Trinajstić information content (AvgIpc) is 2.95. The second-order valence-corrected chi connectivity index (χ2v) is 6.20. The Labute approximate surface area is 131 Å². The van der Waals surface area contributed by atoms with Crippen LogP contribution in [-0.4, -0.2) is 15.6 Å². The highest BCUT2D eigenvalue weighted by Crippen LogP contribution is 2.30. The van der Waals surface area contributed by atoms with Gasteiger partial charge in [-0.05, 0) is 25.0 Å². The third kappa shape index (κ3) is 3.59. The summed E-state index contributed by atoms with van der Waals surface area (Å²) in [7, 11) is 0. The van der Waals surface area contributed by atoms with Crippen LogP contribution in [0.1, 0.15) is 44.9 Å². The van der Waals surface area contributed by atoms with E-state index in [-0.39, 0.29) is 0 Å². The highest BCUT2D eigenvalue weighted by atomic mass is 35.5. The van der Waals surface area contributed by atoms with E-state index in [0.717, 1.165) is 16.4 Å². The lowest BCUT2D eigenvalue weighted by Crippen LogP contribution is -2.21. The Bertz CT molecular complexity index is 557. The van der Waals surface area contributed by atoms with Gasteiger partial charge in [-0.3, -0.25) is 0 Å². The maximum absolute atomic E-state index is 6.41. The van der Waals surface area contributed by atoms with Gasteiger partial charge in [0.2, 0.25) is 0 Å². The molecule has 0 bridgehead atoms. The molecule has 0 amide bonds. The van der Waals surface area contributed by atoms with Crippen LogP contribution in [-0.2, 0) is 0 Å². The summed E-state index contributed by atoms with van der Waals surface area (Å²) in [5.41, 5.74) is 2.10. The summed E-state index contributed by atoms with van der Waals surface area (Å²) in [6.45, 7) is 0. The first-order valence-electron chi connectivity index (χ1n) is 7.88. The zero-order valence-corrected chi connectivity index (χ0v) is 13.0. The normalized spacial score (nSPS) is 17.2. The van der Waals surface area contributed by atoms with E-state index >= 15 is 0 Å². The Morgan fingerprint density at radius 1 is 1.10 bits per heavy atom. The number of rotatable bonds is 3. The molecule has 0 saturated heterocycles. The molecule has 3 rings (SSSR count). The predicted octanol–water partition coefficient (Wildman–Crippen LogP) is 5.05. The van der Waals surface area contributed by atoms with Crippen molar-refractivity contribution in [2.75, 3.05) is 5.32 Å². The van der Waals surface area contributed by atoms with Crippen molar-refractivity contribution in [3.8, 4) is 5.69 Å². The Balaban J connectivity index is 1.83. The summed E-state index contributed by atoms with van der Waals surface area (Å²) in [5, 5.41) is 4.47. The molecule has 0 unspecified atom stereocenters. The molecule has 4 heteroatoms. The van der Waals surface area contributed by atoms with Gasteiger partial charge in [0.05, 0.1) is 22.7 Å². The number of para-hydroxylation sites is 1. The van der Waals surface area contributed by atoms with E-state index in [1.807, 2.05) is 22.9 Å². The number of aromatic nitrogens is 2. The van der Waals surface area contributed by atoms with Crippen LogP contribution in [0.4, 0.5) is 5.69 Å². The number of hydrogen-bond donors (Lipinski definition) is 1. The Kier molecular flexibility index (Phi) is 4.81. The maximum Gasteiger partial charge on any atom is 0.0992 e. The van der Waals surface area contributed by atoms with Crippen molar-refractivity contribution < 1.29 is 0 Å². The van der Waals surface area contributed by atoms with Crippen LogP contribution in [0.2, 0.25) is 5.02 Å². The number of anilines is 1. The summed E-state index contributed by atoms with van der Waals surface area (Å²) >= 11 is 6.41. The zero-order valence-electron chi connectivity index (χ0n) is 12.3. The molecule has 1 aromatic heterocycles. The standard InChI is InChI=1S/C17H22ClN3/c18-15-9-6-10-16(17(15)21-12-11-19-13-21)20-14-7-4-2-1-3-5-8-14/h6,9-14,20H,1-5,7-8H2. The largest absolute Gasteiger partial charge is 0.381 e. The van der Waals surface area contributed by atoms with Crippen molar-refractivity contribution in [1.82, 2.24) is 9.55 Å². The monoisotopic (exact) mass is 303 g/mol. The summed E-state index contributed by atoms with van der Waals surface area (Å²) < 4.78 is 1.98. The molecule has 2 aromatic rings. The number of imidazole rings is 1. The second kappa shape index (κ2) is 6.99. The molecule has 1 fully saturated rings. The quantitative estimate of drug-likeness (QED) is 0.860. The highest BCUT2D eigenvalue weighted by Gasteiger charge is 2.15. The molecule has 1 saturated carbocycles. The minimum Gasteiger partial charge on any atom is -0.381 e. The molecule has 0 spiro atoms. The van der Waals surface area contributed by atoms with Crippen molar-refractivity contribution in [3.05, 3.63) is 41.9 Å². The van der Waals surface area contributed by atoms with Gasteiger partial charge >= 0.3 is 0 Å². The molecule has 3 nitrogen and oxygen atoms in total. The zero-order chi connectivity index (χ0) is 14.5. The molecule has 1 aliphatic rings. The number of halogens is 1. The van der Waals surface area contributed by atoms with Crippen LogP contribution >= 0.6 is 11.6 Å². The van der Waals surface area contributed by atoms with Crippen molar-refractivity contribution >= 4 is 17.3 Å². The number of hydrogen-bond acceptors (Lipinski definition) is 2. The lowest BCUT2D eigenvalue weighted by Gasteiger charge is -2.24. The molecule has 1 N–H and O–H groups in total. The number of nitrogens with one attached hydrogen (secondary N) is 1. The fourth-order valence-electron chi connectivity index (χ4n) is 3.11. The number of benzene rings is 1. The van der Waals surface area contributed by atoms with Crippen LogP contribution < -0.4 is 5.32 Å². The van der Waals surface area contributed by atoms with Gasteiger partial charge in [0.1, 0.15) is 0 Å². The molecule has 1 heterocycles. The second-order valence-electron chi connectivity index (χ2n) is 5.79. The summed E-state index contributed by atoms with van der Waals surface area (Å²) in [5.74, 6) is 0. The van der Waals surface area contributed by atoms with E-state index in [4.69, 9.17) is 11.6 Å². The topological polar surface area (TPSA) is 29.9 Å². The molecule has 112 valence electrons. The lowest BCUT2D eigenvalue weighted by molar-refractivity contribution is 0.471. The van der Waals surface area contributed by atoms with Gasteiger partial charge in [-0.1, -0.05) is 49.8 Å². The maximum atomic E-state index is 6.41. The van der Waals surface area contributed by atoms with Crippen LogP contribution in [0.15, 0.2) is 36.9 Å². The van der Waals surface area contributed by atoms with Gasteiger partial charge < -0.3 is 9.88 Å². The van der Waals surface area contributed by atoms with Crippen molar-refractivity contribution in [3.63, 3.8) is 0 Å². The van der Waals surface area contributed by atoms with E-state index in [2.05, 4.69) is 16.4 Å². The molecule has 0 aliphatic heterocycles. The van der Waals surface area contributed by atoms with E-state index in [0.29, 0.717) is 6.04 Å². The van der Waals surface area contributed by atoms with E-state index < -0.39 is 0 Å². The SMILES string of the molecule is Clc1cccc(NC2CCCCCCC2)c1-n1ccnc1. The minimum absolute atomic E-state index is 0.547.